The summed E-state index contributed by atoms with van der Waals surface area (Å²) in [6.45, 7) is 0. The van der Waals surface area contributed by atoms with Crippen molar-refractivity contribution in [2.75, 3.05) is 17.7 Å². The van der Waals surface area contributed by atoms with Gasteiger partial charge in [-0.15, -0.1) is 0 Å². The molecule has 0 saturated carbocycles. The van der Waals surface area contributed by atoms with Crippen LogP contribution in [-0.4, -0.2) is 13.0 Å². The summed E-state index contributed by atoms with van der Waals surface area (Å²) in [6, 6.07) is 20.9. The van der Waals surface area contributed by atoms with E-state index < -0.39 is 0 Å². The number of carbonyl (C=O) groups is 1. The predicted octanol–water partition coefficient (Wildman–Crippen LogP) is 4.72. The molecule has 1 amide bonds. The van der Waals surface area contributed by atoms with E-state index in [0.29, 0.717) is 17.0 Å². The van der Waals surface area contributed by atoms with Gasteiger partial charge in [0.1, 0.15) is 5.75 Å². The maximum absolute atomic E-state index is 13.3. The van der Waals surface area contributed by atoms with E-state index >= 15 is 0 Å². The number of carbonyl (C=O) groups excluding carboxylic acids is 1. The topological polar surface area (TPSA) is 55.6 Å². The lowest BCUT2D eigenvalue weighted by Crippen LogP contribution is -2.28. The van der Waals surface area contributed by atoms with Crippen LogP contribution in [0.4, 0.5) is 17.1 Å². The van der Waals surface area contributed by atoms with Crippen LogP contribution in [-0.2, 0) is 0 Å². The smallest absolute Gasteiger partial charge is 0.262 e. The number of nitrogens with zero attached hydrogens (tertiary/aromatic N) is 1. The molecule has 0 radical (unpaired) electrons. The van der Waals surface area contributed by atoms with Crippen molar-refractivity contribution in [1.82, 2.24) is 0 Å². The first-order valence-corrected chi connectivity index (χ1v) is 8.64. The summed E-state index contributed by atoms with van der Waals surface area (Å²) in [5.41, 5.74) is 8.72. The van der Waals surface area contributed by atoms with Crippen LogP contribution in [0.1, 0.15) is 10.4 Å². The minimum atomic E-state index is -0.116. The first-order valence-electron chi connectivity index (χ1n) is 7.83. The van der Waals surface area contributed by atoms with Crippen molar-refractivity contribution in [2.24, 2.45) is 0 Å². The molecule has 0 saturated heterocycles. The number of rotatable bonds is 2. The van der Waals surface area contributed by atoms with Crippen molar-refractivity contribution < 1.29 is 9.53 Å². The average molecular weight is 348 g/mol. The molecule has 3 aromatic carbocycles. The minimum Gasteiger partial charge on any atom is -0.495 e. The summed E-state index contributed by atoms with van der Waals surface area (Å²) in [4.78, 5) is 17.2. The van der Waals surface area contributed by atoms with Crippen LogP contribution in [0.2, 0.25) is 0 Å². The van der Waals surface area contributed by atoms with Gasteiger partial charge in [0.15, 0.2) is 0 Å². The number of nitrogens with two attached hydrogens (primary N) is 1. The van der Waals surface area contributed by atoms with Gasteiger partial charge in [-0.25, -0.2) is 0 Å². The third-order valence-electron chi connectivity index (χ3n) is 4.11. The molecule has 1 aliphatic rings. The van der Waals surface area contributed by atoms with Gasteiger partial charge in [-0.1, -0.05) is 36.0 Å². The third-order valence-corrected chi connectivity index (χ3v) is 5.24. The molecule has 5 heteroatoms. The Morgan fingerprint density at radius 2 is 1.56 bits per heavy atom. The number of hydrogen-bond donors (Lipinski definition) is 1. The zero-order chi connectivity index (χ0) is 17.4. The summed E-state index contributed by atoms with van der Waals surface area (Å²) >= 11 is 1.67. The van der Waals surface area contributed by atoms with E-state index in [1.54, 1.807) is 42.0 Å². The first kappa shape index (κ1) is 15.6. The average Bonchev–Trinajstić information content (AvgIpc) is 2.65. The number of fused-ring (bicyclic) bond motifs is 2. The van der Waals surface area contributed by atoms with E-state index in [0.717, 1.165) is 21.2 Å². The molecular formula is C20H16N2O2S. The molecule has 3 aromatic rings. The molecule has 0 aromatic heterocycles. The Labute approximate surface area is 150 Å². The molecule has 2 N–H and O–H groups in total. The molecule has 0 spiro atoms. The van der Waals surface area contributed by atoms with E-state index in [-0.39, 0.29) is 5.91 Å². The van der Waals surface area contributed by atoms with Crippen LogP contribution in [0.5, 0.6) is 5.75 Å². The number of para-hydroxylation sites is 2. The highest BCUT2D eigenvalue weighted by molar-refractivity contribution is 7.99. The van der Waals surface area contributed by atoms with Crippen LogP contribution in [0.15, 0.2) is 76.5 Å². The maximum Gasteiger partial charge on any atom is 0.262 e. The van der Waals surface area contributed by atoms with Gasteiger partial charge in [0, 0.05) is 15.4 Å². The third kappa shape index (κ3) is 2.62. The van der Waals surface area contributed by atoms with E-state index in [1.807, 2.05) is 48.5 Å². The molecule has 0 aliphatic carbocycles. The number of nitrogen functional groups attached to an aromatic ring is 1. The summed E-state index contributed by atoms with van der Waals surface area (Å²) in [5.74, 6) is 0.445. The number of benzene rings is 3. The molecule has 4 rings (SSSR count). The summed E-state index contributed by atoms with van der Waals surface area (Å²) in [6.07, 6.45) is 0. The molecule has 1 heterocycles. The Kier molecular flexibility index (Phi) is 3.86. The van der Waals surface area contributed by atoms with Crippen LogP contribution >= 0.6 is 11.8 Å². The second-order valence-electron chi connectivity index (χ2n) is 5.63. The van der Waals surface area contributed by atoms with Crippen molar-refractivity contribution in [3.63, 3.8) is 0 Å². The molecule has 0 unspecified atom stereocenters. The highest BCUT2D eigenvalue weighted by atomic mass is 32.2. The Bertz CT molecular complexity index is 926. The largest absolute Gasteiger partial charge is 0.495 e. The normalized spacial score (nSPS) is 12.3. The molecule has 1 aliphatic heterocycles. The van der Waals surface area contributed by atoms with Crippen LogP contribution < -0.4 is 15.4 Å². The standard InChI is InChI=1S/C20H16N2O2S/c1-24-17-11-10-13(12-14(17)21)20(23)22-15-6-2-4-8-18(15)25-19-9-5-3-7-16(19)22/h2-12H,21H2,1H3. The predicted molar refractivity (Wildman–Crippen MR) is 101 cm³/mol. The summed E-state index contributed by atoms with van der Waals surface area (Å²) in [5, 5.41) is 0. The number of anilines is 3. The van der Waals surface area contributed by atoms with Crippen LogP contribution in [0, 0.1) is 0 Å². The zero-order valence-corrected chi connectivity index (χ0v) is 14.4. The van der Waals surface area contributed by atoms with Gasteiger partial charge in [0.25, 0.3) is 5.91 Å². The fourth-order valence-corrected chi connectivity index (χ4v) is 3.98. The van der Waals surface area contributed by atoms with Gasteiger partial charge < -0.3 is 10.5 Å². The molecular weight excluding hydrogens is 332 g/mol. The minimum absolute atomic E-state index is 0.116. The number of ether oxygens (including phenoxy) is 1. The van der Waals surface area contributed by atoms with Crippen molar-refractivity contribution in [2.45, 2.75) is 9.79 Å². The monoisotopic (exact) mass is 348 g/mol. The number of hydrogen-bond acceptors (Lipinski definition) is 4. The molecule has 4 nitrogen and oxygen atoms in total. The van der Waals surface area contributed by atoms with Gasteiger partial charge in [-0.05, 0) is 42.5 Å². The lowest BCUT2D eigenvalue weighted by molar-refractivity contribution is 0.0998. The van der Waals surface area contributed by atoms with Crippen LogP contribution in [0.3, 0.4) is 0 Å². The summed E-state index contributed by atoms with van der Waals surface area (Å²) in [7, 11) is 1.56. The quantitative estimate of drug-likeness (QED) is 0.681. The molecule has 0 bridgehead atoms. The van der Waals surface area contributed by atoms with Gasteiger partial charge in [-0.3, -0.25) is 9.69 Å². The second kappa shape index (κ2) is 6.18. The molecule has 0 atom stereocenters. The van der Waals surface area contributed by atoms with Crippen molar-refractivity contribution in [3.05, 3.63) is 72.3 Å². The van der Waals surface area contributed by atoms with Gasteiger partial charge in [0.05, 0.1) is 24.2 Å². The summed E-state index contributed by atoms with van der Waals surface area (Å²) < 4.78 is 5.18. The Hall–Kier alpha value is -2.92. The highest BCUT2D eigenvalue weighted by Gasteiger charge is 2.28. The van der Waals surface area contributed by atoms with Gasteiger partial charge in [0.2, 0.25) is 0 Å². The Morgan fingerprint density at radius 1 is 0.960 bits per heavy atom. The Morgan fingerprint density at radius 3 is 2.12 bits per heavy atom. The fraction of sp³-hybridized carbons (Fsp3) is 0.0500. The highest BCUT2D eigenvalue weighted by Crippen LogP contribution is 2.48. The van der Waals surface area contributed by atoms with Crippen LogP contribution in [0.25, 0.3) is 0 Å². The van der Waals surface area contributed by atoms with Crippen molar-refractivity contribution in [1.29, 1.82) is 0 Å². The zero-order valence-electron chi connectivity index (χ0n) is 13.6. The SMILES string of the molecule is COc1ccc(C(=O)N2c3ccccc3Sc3ccccc32)cc1N. The second-order valence-corrected chi connectivity index (χ2v) is 6.72. The lowest BCUT2D eigenvalue weighted by atomic mass is 10.1. The van der Waals surface area contributed by atoms with E-state index in [1.165, 1.54) is 0 Å². The number of methoxy groups -OCH3 is 1. The Balaban J connectivity index is 1.84. The fourth-order valence-electron chi connectivity index (χ4n) is 2.92. The molecule has 124 valence electrons. The van der Waals surface area contributed by atoms with Gasteiger partial charge in [-0.2, -0.15) is 0 Å². The molecule has 25 heavy (non-hydrogen) atoms. The first-order chi connectivity index (χ1) is 12.2. The van der Waals surface area contributed by atoms with Crippen molar-refractivity contribution >= 4 is 34.7 Å². The number of amides is 1. The van der Waals surface area contributed by atoms with E-state index in [9.17, 15) is 4.79 Å². The maximum atomic E-state index is 13.3. The van der Waals surface area contributed by atoms with Crippen molar-refractivity contribution in [3.8, 4) is 5.75 Å². The van der Waals surface area contributed by atoms with E-state index in [2.05, 4.69) is 0 Å². The molecule has 0 fully saturated rings. The van der Waals surface area contributed by atoms with Gasteiger partial charge >= 0.3 is 0 Å². The van der Waals surface area contributed by atoms with E-state index in [4.69, 9.17) is 10.5 Å². The lowest BCUT2D eigenvalue weighted by Gasteiger charge is -2.31.